The van der Waals surface area contributed by atoms with Gasteiger partial charge in [-0.15, -0.1) is 11.8 Å². The van der Waals surface area contributed by atoms with Crippen LogP contribution in [0.15, 0.2) is 41.3 Å². The van der Waals surface area contributed by atoms with Crippen molar-refractivity contribution in [1.29, 1.82) is 0 Å². The molecular formula is C21H19ClF2O4S. The molecule has 1 aliphatic carbocycles. The Hall–Kier alpha value is -1.38. The van der Waals surface area contributed by atoms with Crippen LogP contribution in [0.2, 0.25) is 5.02 Å². The highest BCUT2D eigenvalue weighted by Crippen LogP contribution is 2.63. The zero-order valence-electron chi connectivity index (χ0n) is 15.4. The second-order valence-electron chi connectivity index (χ2n) is 7.72. The molecule has 5 rings (SSSR count). The number of halogens is 3. The normalized spacial score (nSPS) is 29.9. The molecule has 4 nitrogen and oxygen atoms in total. The fourth-order valence-electron chi connectivity index (χ4n) is 4.69. The van der Waals surface area contributed by atoms with Crippen molar-refractivity contribution in [3.63, 3.8) is 0 Å². The highest BCUT2D eigenvalue weighted by molar-refractivity contribution is 8.00. The number of fused-ring (bicyclic) bond motifs is 3. The van der Waals surface area contributed by atoms with Crippen LogP contribution in [0, 0.1) is 11.6 Å². The lowest BCUT2D eigenvalue weighted by molar-refractivity contribution is -0.236. The Bertz CT molecular complexity index is 950. The molecule has 2 heterocycles. The fourth-order valence-corrected chi connectivity index (χ4v) is 6.31. The van der Waals surface area contributed by atoms with Crippen LogP contribution in [0.1, 0.15) is 24.8 Å². The summed E-state index contributed by atoms with van der Waals surface area (Å²) in [6, 6.07) is 9.21. The van der Waals surface area contributed by atoms with Crippen molar-refractivity contribution in [3.05, 3.63) is 58.6 Å². The second-order valence-corrected chi connectivity index (χ2v) is 9.53. The predicted octanol–water partition coefficient (Wildman–Crippen LogP) is 4.66. The quantitative estimate of drug-likeness (QED) is 0.736. The average Bonchev–Trinajstić information content (AvgIpc) is 3.14. The molecule has 0 unspecified atom stereocenters. The Morgan fingerprint density at radius 3 is 2.38 bits per heavy atom. The molecule has 0 bridgehead atoms. The van der Waals surface area contributed by atoms with E-state index in [0.29, 0.717) is 31.1 Å². The number of benzene rings is 2. The van der Waals surface area contributed by atoms with Gasteiger partial charge >= 0.3 is 0 Å². The molecule has 0 aromatic heterocycles. The van der Waals surface area contributed by atoms with Crippen LogP contribution in [-0.4, -0.2) is 36.3 Å². The van der Waals surface area contributed by atoms with Crippen LogP contribution in [-0.2, 0) is 14.2 Å². The van der Waals surface area contributed by atoms with Crippen molar-refractivity contribution in [1.82, 2.24) is 0 Å². The van der Waals surface area contributed by atoms with Gasteiger partial charge < -0.3 is 19.3 Å². The van der Waals surface area contributed by atoms with Gasteiger partial charge in [-0.1, -0.05) is 11.6 Å². The van der Waals surface area contributed by atoms with Gasteiger partial charge in [-0.05, 0) is 42.8 Å². The van der Waals surface area contributed by atoms with Crippen LogP contribution in [0.4, 0.5) is 8.78 Å². The van der Waals surface area contributed by atoms with Gasteiger partial charge in [0.1, 0.15) is 18.0 Å². The van der Waals surface area contributed by atoms with Gasteiger partial charge in [0.2, 0.25) is 0 Å². The lowest BCUT2D eigenvalue weighted by Gasteiger charge is -2.56. The molecule has 2 aromatic rings. The summed E-state index contributed by atoms with van der Waals surface area (Å²) >= 11 is 7.31. The number of thioether (sulfide) groups is 1. The van der Waals surface area contributed by atoms with Crippen molar-refractivity contribution in [2.45, 2.75) is 40.3 Å². The molecule has 1 saturated heterocycles. The SMILES string of the molecule is O[C@]12COc3c(F)ccc(F)c3[C@]1(Sc1ccc(Cl)cc1)CCC1(C2)OCCO1. The van der Waals surface area contributed by atoms with Crippen LogP contribution in [0.3, 0.4) is 0 Å². The zero-order chi connectivity index (χ0) is 20.3. The first kappa shape index (κ1) is 19.6. The minimum Gasteiger partial charge on any atom is -0.487 e. The summed E-state index contributed by atoms with van der Waals surface area (Å²) in [6.45, 7) is 0.692. The Morgan fingerprint density at radius 2 is 1.66 bits per heavy atom. The standard InChI is InChI=1S/C21H19ClF2O4S/c22-13-1-3-14(4-2-13)29-21-8-7-20(27-9-10-28-20)11-19(21,25)12-26-18-16(24)6-5-15(23)17(18)21/h1-6,25H,7-12H2/t19-,21-/m1/s1. The first-order valence-electron chi connectivity index (χ1n) is 9.43. The lowest BCUT2D eigenvalue weighted by atomic mass is 9.67. The summed E-state index contributed by atoms with van der Waals surface area (Å²) in [5.41, 5.74) is -1.47. The molecule has 0 amide bonds. The monoisotopic (exact) mass is 440 g/mol. The van der Waals surface area contributed by atoms with Gasteiger partial charge in [-0.3, -0.25) is 0 Å². The number of aliphatic hydroxyl groups is 1. The summed E-state index contributed by atoms with van der Waals surface area (Å²) in [5.74, 6) is -2.32. The van der Waals surface area contributed by atoms with E-state index in [1.54, 1.807) is 24.3 Å². The molecule has 29 heavy (non-hydrogen) atoms. The molecule has 8 heteroatoms. The van der Waals surface area contributed by atoms with E-state index in [1.807, 2.05) is 0 Å². The Labute approximate surface area is 176 Å². The summed E-state index contributed by atoms with van der Waals surface area (Å²) in [7, 11) is 0. The summed E-state index contributed by atoms with van der Waals surface area (Å²) in [5, 5.41) is 12.4. The minimum atomic E-state index is -1.53. The van der Waals surface area contributed by atoms with E-state index in [-0.39, 0.29) is 24.3 Å². The number of ether oxygens (including phenoxy) is 3. The molecule has 1 N–H and O–H groups in total. The Kier molecular flexibility index (Phi) is 4.60. The van der Waals surface area contributed by atoms with Crippen molar-refractivity contribution in [2.75, 3.05) is 19.8 Å². The van der Waals surface area contributed by atoms with Gasteiger partial charge in [-0.2, -0.15) is 0 Å². The van der Waals surface area contributed by atoms with Crippen LogP contribution in [0.5, 0.6) is 5.75 Å². The van der Waals surface area contributed by atoms with Crippen molar-refractivity contribution >= 4 is 23.4 Å². The molecule has 1 spiro atoms. The summed E-state index contributed by atoms with van der Waals surface area (Å²) in [6.07, 6.45) is 0.884. The van der Waals surface area contributed by atoms with Gasteiger partial charge in [0, 0.05) is 22.8 Å². The number of rotatable bonds is 2. The van der Waals surface area contributed by atoms with E-state index in [1.165, 1.54) is 11.8 Å². The highest BCUT2D eigenvalue weighted by atomic mass is 35.5. The molecule has 2 fully saturated rings. The van der Waals surface area contributed by atoms with E-state index in [4.69, 9.17) is 25.8 Å². The molecule has 1 saturated carbocycles. The molecule has 3 aliphatic rings. The van der Waals surface area contributed by atoms with Crippen LogP contribution < -0.4 is 4.74 Å². The van der Waals surface area contributed by atoms with Gasteiger partial charge in [0.25, 0.3) is 0 Å². The first-order valence-corrected chi connectivity index (χ1v) is 10.6. The van der Waals surface area contributed by atoms with Crippen molar-refractivity contribution < 1.29 is 28.1 Å². The average molecular weight is 441 g/mol. The largest absolute Gasteiger partial charge is 0.487 e. The van der Waals surface area contributed by atoms with E-state index >= 15 is 4.39 Å². The Morgan fingerprint density at radius 1 is 0.966 bits per heavy atom. The minimum absolute atomic E-state index is 0.0547. The predicted molar refractivity (Wildman–Crippen MR) is 104 cm³/mol. The first-order chi connectivity index (χ1) is 13.9. The van der Waals surface area contributed by atoms with E-state index in [2.05, 4.69) is 0 Å². The number of hydrogen-bond donors (Lipinski definition) is 1. The van der Waals surface area contributed by atoms with E-state index in [9.17, 15) is 9.50 Å². The lowest BCUT2D eigenvalue weighted by Crippen LogP contribution is -2.64. The second kappa shape index (κ2) is 6.82. The molecular weight excluding hydrogens is 422 g/mol. The molecule has 154 valence electrons. The number of hydrogen-bond acceptors (Lipinski definition) is 5. The third kappa shape index (κ3) is 2.98. The maximum atomic E-state index is 15.1. The molecule has 2 aromatic carbocycles. The maximum absolute atomic E-state index is 15.1. The Balaban J connectivity index is 1.67. The van der Waals surface area contributed by atoms with E-state index in [0.717, 1.165) is 17.0 Å². The summed E-state index contributed by atoms with van der Waals surface area (Å²) in [4.78, 5) is 0.786. The van der Waals surface area contributed by atoms with Gasteiger partial charge in [-0.25, -0.2) is 8.78 Å². The topological polar surface area (TPSA) is 47.9 Å². The van der Waals surface area contributed by atoms with Crippen LogP contribution in [0.25, 0.3) is 0 Å². The summed E-state index contributed by atoms with van der Waals surface area (Å²) < 4.78 is 45.7. The van der Waals surface area contributed by atoms with Crippen LogP contribution >= 0.6 is 23.4 Å². The third-order valence-electron chi connectivity index (χ3n) is 6.01. The smallest absolute Gasteiger partial charge is 0.171 e. The molecule has 2 atom stereocenters. The third-order valence-corrected chi connectivity index (χ3v) is 7.91. The molecule has 2 aliphatic heterocycles. The van der Waals surface area contributed by atoms with Crippen molar-refractivity contribution in [2.24, 2.45) is 0 Å². The van der Waals surface area contributed by atoms with Gasteiger partial charge in [0.05, 0.1) is 23.5 Å². The van der Waals surface area contributed by atoms with Crippen molar-refractivity contribution in [3.8, 4) is 5.75 Å². The van der Waals surface area contributed by atoms with E-state index < -0.39 is 27.8 Å². The fraction of sp³-hybridized carbons (Fsp3) is 0.429. The molecule has 0 radical (unpaired) electrons. The maximum Gasteiger partial charge on any atom is 0.171 e. The zero-order valence-corrected chi connectivity index (χ0v) is 17.0. The van der Waals surface area contributed by atoms with Gasteiger partial charge in [0.15, 0.2) is 17.4 Å². The highest BCUT2D eigenvalue weighted by Gasteiger charge is 2.65.